The Morgan fingerprint density at radius 1 is 1.06 bits per heavy atom. The summed E-state index contributed by atoms with van der Waals surface area (Å²) in [6.45, 7) is 1.95. The van der Waals surface area contributed by atoms with Crippen LogP contribution in [0.15, 0.2) is 48.4 Å². The van der Waals surface area contributed by atoms with Crippen molar-refractivity contribution in [2.45, 2.75) is 26.2 Å². The predicted octanol–water partition coefficient (Wildman–Crippen LogP) is 5.90. The van der Waals surface area contributed by atoms with Crippen LogP contribution in [0.3, 0.4) is 0 Å². The first kappa shape index (κ1) is 18.8. The number of halogens is 1. The fourth-order valence-corrected chi connectivity index (χ4v) is 6.03. The molecule has 5 nitrogen and oxygen atoms in total. The average Bonchev–Trinajstić information content (AvgIpc) is 3.44. The first-order valence-corrected chi connectivity index (χ1v) is 11.1. The van der Waals surface area contributed by atoms with E-state index in [2.05, 4.69) is 9.97 Å². The first-order chi connectivity index (χ1) is 15.0. The number of carbonyl (C=O) groups is 1. The Morgan fingerprint density at radius 3 is 2.68 bits per heavy atom. The molecule has 3 aliphatic carbocycles. The molecule has 6 rings (SSSR count). The van der Waals surface area contributed by atoms with Gasteiger partial charge < -0.3 is 9.84 Å². The Balaban J connectivity index is 1.35. The Bertz CT molecular complexity index is 1280. The molecule has 156 valence electrons. The summed E-state index contributed by atoms with van der Waals surface area (Å²) in [7, 11) is 0. The second-order valence-electron chi connectivity index (χ2n) is 8.93. The summed E-state index contributed by atoms with van der Waals surface area (Å²) in [4.78, 5) is 22.2. The molecular formula is C25H21ClN2O3. The third-order valence-corrected chi connectivity index (χ3v) is 7.46. The first-order valence-electron chi connectivity index (χ1n) is 10.7. The predicted molar refractivity (Wildman–Crippen MR) is 118 cm³/mol. The number of aromatic nitrogens is 2. The van der Waals surface area contributed by atoms with Crippen molar-refractivity contribution in [2.24, 2.45) is 23.7 Å². The smallest absolute Gasteiger partial charge is 0.238 e. The molecule has 3 aliphatic rings. The minimum absolute atomic E-state index is 0.00315. The summed E-state index contributed by atoms with van der Waals surface area (Å²) in [5, 5.41) is 11.6. The molecule has 2 bridgehead atoms. The minimum Gasteiger partial charge on any atom is -0.511 e. The van der Waals surface area contributed by atoms with Gasteiger partial charge in [0.2, 0.25) is 5.88 Å². The van der Waals surface area contributed by atoms with E-state index < -0.39 is 0 Å². The average molecular weight is 433 g/mol. The minimum atomic E-state index is -0.0455. The molecule has 0 amide bonds. The van der Waals surface area contributed by atoms with Gasteiger partial charge in [-0.05, 0) is 79.5 Å². The van der Waals surface area contributed by atoms with Gasteiger partial charge >= 0.3 is 0 Å². The third kappa shape index (κ3) is 2.87. The number of fused-ring (bicyclic) bond motifs is 6. The number of ketones is 1. The van der Waals surface area contributed by atoms with Gasteiger partial charge in [0, 0.05) is 16.9 Å². The molecule has 0 radical (unpaired) electrons. The molecule has 4 atom stereocenters. The summed E-state index contributed by atoms with van der Waals surface area (Å²) in [6.07, 6.45) is 4.85. The van der Waals surface area contributed by atoms with E-state index in [1.54, 1.807) is 24.4 Å². The number of aliphatic hydroxyl groups excluding tert-OH is 1. The maximum atomic E-state index is 13.3. The molecule has 0 unspecified atom stereocenters. The maximum Gasteiger partial charge on any atom is 0.238 e. The number of nitrogens with zero attached hydrogens (tertiary/aromatic N) is 2. The van der Waals surface area contributed by atoms with E-state index in [0.717, 1.165) is 30.4 Å². The highest BCUT2D eigenvalue weighted by Crippen LogP contribution is 2.60. The van der Waals surface area contributed by atoms with Crippen molar-refractivity contribution in [1.82, 2.24) is 9.97 Å². The van der Waals surface area contributed by atoms with Crippen LogP contribution in [0.2, 0.25) is 5.02 Å². The molecule has 1 heterocycles. The lowest BCUT2D eigenvalue weighted by atomic mass is 9.80. The molecule has 0 aliphatic heterocycles. The van der Waals surface area contributed by atoms with Gasteiger partial charge in [-0.1, -0.05) is 17.7 Å². The molecular weight excluding hydrogens is 412 g/mol. The lowest BCUT2D eigenvalue weighted by Crippen LogP contribution is -2.24. The van der Waals surface area contributed by atoms with Crippen molar-refractivity contribution in [3.05, 3.63) is 64.5 Å². The van der Waals surface area contributed by atoms with Crippen molar-refractivity contribution in [2.75, 3.05) is 0 Å². The number of benzene rings is 2. The van der Waals surface area contributed by atoms with E-state index in [1.165, 1.54) is 0 Å². The number of aryl methyl sites for hydroxylation is 1. The lowest BCUT2D eigenvalue weighted by molar-refractivity contribution is -0.118. The van der Waals surface area contributed by atoms with Gasteiger partial charge in [0.05, 0.1) is 22.8 Å². The number of rotatable bonds is 3. The van der Waals surface area contributed by atoms with Gasteiger partial charge in [-0.3, -0.25) is 4.79 Å². The van der Waals surface area contributed by atoms with Gasteiger partial charge in [-0.15, -0.1) is 0 Å². The van der Waals surface area contributed by atoms with Crippen LogP contribution < -0.4 is 4.74 Å². The Labute approximate surface area is 184 Å². The van der Waals surface area contributed by atoms with Crippen molar-refractivity contribution >= 4 is 34.0 Å². The highest BCUT2D eigenvalue weighted by atomic mass is 35.5. The molecule has 6 heteroatoms. The molecule has 2 fully saturated rings. The standard InChI is InChI=1S/C25H21ClN2O3/c1-12-2-6-16(31-20-11-27-19-9-15(26)5-7-18(19)28-20)10-17(12)23-24(29)21-13-3-4-14(8-13)22(21)25(23)30/h2,5-7,9-11,13-14,21-22,29H,3-4,8H2,1H3/t13-,14+,21-,22+/m1/s1. The second-order valence-corrected chi connectivity index (χ2v) is 9.37. The van der Waals surface area contributed by atoms with E-state index in [1.807, 2.05) is 25.1 Å². The summed E-state index contributed by atoms with van der Waals surface area (Å²) >= 11 is 6.01. The van der Waals surface area contributed by atoms with Crippen LogP contribution >= 0.6 is 11.6 Å². The van der Waals surface area contributed by atoms with Crippen LogP contribution in [0.5, 0.6) is 11.6 Å². The third-order valence-electron chi connectivity index (χ3n) is 7.22. The van der Waals surface area contributed by atoms with Crippen LogP contribution in [0.25, 0.3) is 16.6 Å². The SMILES string of the molecule is Cc1ccc(Oc2cnc3cc(Cl)ccc3n2)cc1C1=C(O)[C@@H]2[C@@H]3CC[C@@H](C3)[C@@H]2C1=O. The van der Waals surface area contributed by atoms with Gasteiger partial charge in [0.25, 0.3) is 0 Å². The topological polar surface area (TPSA) is 72.3 Å². The van der Waals surface area contributed by atoms with Crippen molar-refractivity contribution in [3.8, 4) is 11.6 Å². The fourth-order valence-electron chi connectivity index (χ4n) is 5.86. The number of ether oxygens (including phenoxy) is 1. The Morgan fingerprint density at radius 2 is 1.87 bits per heavy atom. The summed E-state index contributed by atoms with van der Waals surface area (Å²) in [5.41, 5.74) is 3.54. The van der Waals surface area contributed by atoms with E-state index in [4.69, 9.17) is 16.3 Å². The number of allylic oxidation sites excluding steroid dienone is 2. The highest BCUT2D eigenvalue weighted by molar-refractivity contribution is 6.31. The van der Waals surface area contributed by atoms with Crippen molar-refractivity contribution in [3.63, 3.8) is 0 Å². The van der Waals surface area contributed by atoms with Crippen molar-refractivity contribution in [1.29, 1.82) is 0 Å². The zero-order valence-corrected chi connectivity index (χ0v) is 17.8. The number of carbonyl (C=O) groups excluding carboxylic acids is 1. The lowest BCUT2D eigenvalue weighted by Gasteiger charge is -2.23. The van der Waals surface area contributed by atoms with E-state index in [9.17, 15) is 9.90 Å². The van der Waals surface area contributed by atoms with Gasteiger partial charge in [0.1, 0.15) is 11.5 Å². The van der Waals surface area contributed by atoms with Gasteiger partial charge in [0.15, 0.2) is 5.78 Å². The number of Topliss-reactive ketones (excluding diaryl/α,β-unsaturated/α-hetero) is 1. The second kappa shape index (κ2) is 6.79. The van der Waals surface area contributed by atoms with Crippen LogP contribution in [-0.4, -0.2) is 20.9 Å². The van der Waals surface area contributed by atoms with Gasteiger partial charge in [-0.2, -0.15) is 0 Å². The summed E-state index contributed by atoms with van der Waals surface area (Å²) in [6, 6.07) is 10.9. The molecule has 0 spiro atoms. The monoisotopic (exact) mass is 432 g/mol. The zero-order chi connectivity index (χ0) is 21.3. The number of hydrogen-bond donors (Lipinski definition) is 1. The van der Waals surface area contributed by atoms with Crippen LogP contribution in [0, 0.1) is 30.6 Å². The summed E-state index contributed by atoms with van der Waals surface area (Å²) < 4.78 is 5.97. The number of hydrogen-bond acceptors (Lipinski definition) is 5. The quantitative estimate of drug-likeness (QED) is 0.558. The van der Waals surface area contributed by atoms with E-state index in [-0.39, 0.29) is 23.4 Å². The van der Waals surface area contributed by atoms with Crippen LogP contribution in [0.4, 0.5) is 0 Å². The normalized spacial score (nSPS) is 26.7. The largest absolute Gasteiger partial charge is 0.511 e. The molecule has 31 heavy (non-hydrogen) atoms. The van der Waals surface area contributed by atoms with Crippen LogP contribution in [-0.2, 0) is 4.79 Å². The van der Waals surface area contributed by atoms with Crippen LogP contribution in [0.1, 0.15) is 30.4 Å². The number of aliphatic hydroxyl groups is 1. The van der Waals surface area contributed by atoms with Gasteiger partial charge in [-0.25, -0.2) is 9.97 Å². The molecule has 0 saturated heterocycles. The molecule has 3 aromatic rings. The highest BCUT2D eigenvalue weighted by Gasteiger charge is 2.57. The van der Waals surface area contributed by atoms with E-state index in [0.29, 0.717) is 45.1 Å². The Kier molecular flexibility index (Phi) is 4.12. The fraction of sp³-hybridized carbons (Fsp3) is 0.320. The maximum absolute atomic E-state index is 13.3. The van der Waals surface area contributed by atoms with Crippen molar-refractivity contribution < 1.29 is 14.6 Å². The molecule has 2 saturated carbocycles. The zero-order valence-electron chi connectivity index (χ0n) is 17.0. The summed E-state index contributed by atoms with van der Waals surface area (Å²) in [5.74, 6) is 2.11. The Hall–Kier alpha value is -2.92. The molecule has 2 aromatic carbocycles. The molecule has 1 N–H and O–H groups in total. The molecule has 1 aromatic heterocycles. The van der Waals surface area contributed by atoms with E-state index >= 15 is 0 Å².